The van der Waals surface area contributed by atoms with Crippen LogP contribution in [-0.4, -0.2) is 16.8 Å². The van der Waals surface area contributed by atoms with Gasteiger partial charge in [0.2, 0.25) is 5.91 Å². The molecule has 2 N–H and O–H groups in total. The molecule has 0 spiro atoms. The van der Waals surface area contributed by atoms with Gasteiger partial charge in [0, 0.05) is 11.3 Å². The second-order valence-corrected chi connectivity index (χ2v) is 5.77. The Morgan fingerprint density at radius 1 is 1.08 bits per heavy atom. The highest BCUT2D eigenvalue weighted by Crippen LogP contribution is 2.28. The van der Waals surface area contributed by atoms with E-state index in [-0.39, 0.29) is 17.7 Å². The number of para-hydroxylation sites is 1. The van der Waals surface area contributed by atoms with Crippen LogP contribution in [0.3, 0.4) is 0 Å². The first-order chi connectivity index (χ1) is 11.7. The molecule has 1 fully saturated rings. The van der Waals surface area contributed by atoms with E-state index in [1.54, 1.807) is 24.5 Å². The molecule has 1 aromatic carbocycles. The molecule has 0 unspecified atom stereocenters. The van der Waals surface area contributed by atoms with Gasteiger partial charge in [-0.05, 0) is 37.1 Å². The van der Waals surface area contributed by atoms with Gasteiger partial charge in [-0.3, -0.25) is 20.4 Å². The van der Waals surface area contributed by atoms with Crippen molar-refractivity contribution in [1.29, 1.82) is 0 Å². The van der Waals surface area contributed by atoms with Crippen molar-refractivity contribution in [2.24, 2.45) is 5.92 Å². The zero-order valence-electron chi connectivity index (χ0n) is 12.8. The molecule has 0 bridgehead atoms. The molecule has 6 heteroatoms. The van der Waals surface area contributed by atoms with Crippen LogP contribution in [0.25, 0.3) is 22.4 Å². The van der Waals surface area contributed by atoms with E-state index in [1.807, 2.05) is 24.3 Å². The smallest absolute Gasteiger partial charge is 0.270 e. The second-order valence-electron chi connectivity index (χ2n) is 5.77. The van der Waals surface area contributed by atoms with Gasteiger partial charge in [-0.15, -0.1) is 0 Å². The molecule has 24 heavy (non-hydrogen) atoms. The SMILES string of the molecule is O=C(NNC(=O)C1CC1)c1cc(-c2ccco2)nc2ccccc12. The highest BCUT2D eigenvalue weighted by atomic mass is 16.3. The van der Waals surface area contributed by atoms with Crippen LogP contribution in [0.1, 0.15) is 23.2 Å². The Kier molecular flexibility index (Phi) is 3.49. The molecule has 0 aliphatic heterocycles. The molecule has 2 heterocycles. The zero-order chi connectivity index (χ0) is 16.5. The number of benzene rings is 1. The fraction of sp³-hybridized carbons (Fsp3) is 0.167. The Bertz CT molecular complexity index is 914. The minimum Gasteiger partial charge on any atom is -0.463 e. The van der Waals surface area contributed by atoms with Gasteiger partial charge in [-0.25, -0.2) is 4.98 Å². The van der Waals surface area contributed by atoms with E-state index in [2.05, 4.69) is 15.8 Å². The monoisotopic (exact) mass is 321 g/mol. The number of nitrogens with zero attached hydrogens (tertiary/aromatic N) is 1. The molecule has 2 amide bonds. The molecular formula is C18H15N3O3. The average molecular weight is 321 g/mol. The lowest BCUT2D eigenvalue weighted by atomic mass is 10.1. The lowest BCUT2D eigenvalue weighted by Gasteiger charge is -2.10. The summed E-state index contributed by atoms with van der Waals surface area (Å²) in [7, 11) is 0. The van der Waals surface area contributed by atoms with Gasteiger partial charge in [-0.2, -0.15) is 0 Å². The molecule has 0 atom stereocenters. The fourth-order valence-electron chi connectivity index (χ4n) is 2.55. The molecule has 3 aromatic rings. The summed E-state index contributed by atoms with van der Waals surface area (Å²) >= 11 is 0. The number of amides is 2. The van der Waals surface area contributed by atoms with Crippen molar-refractivity contribution in [3.63, 3.8) is 0 Å². The third kappa shape index (κ3) is 2.74. The molecule has 4 rings (SSSR count). The lowest BCUT2D eigenvalue weighted by Crippen LogP contribution is -2.42. The first kappa shape index (κ1) is 14.4. The quantitative estimate of drug-likeness (QED) is 0.726. The molecular weight excluding hydrogens is 306 g/mol. The topological polar surface area (TPSA) is 84.2 Å². The van der Waals surface area contributed by atoms with Crippen molar-refractivity contribution in [1.82, 2.24) is 15.8 Å². The van der Waals surface area contributed by atoms with Gasteiger partial charge in [-0.1, -0.05) is 18.2 Å². The van der Waals surface area contributed by atoms with Crippen molar-refractivity contribution in [2.75, 3.05) is 0 Å². The Labute approximate surface area is 137 Å². The standard InChI is InChI=1S/C18H15N3O3/c22-17(11-7-8-11)20-21-18(23)13-10-15(16-6-3-9-24-16)19-14-5-2-1-4-12(13)14/h1-6,9-11H,7-8H2,(H,20,22)(H,21,23). The van der Waals surface area contributed by atoms with Crippen LogP contribution in [0.4, 0.5) is 0 Å². The largest absolute Gasteiger partial charge is 0.463 e. The number of rotatable bonds is 3. The van der Waals surface area contributed by atoms with Crippen LogP contribution in [0.5, 0.6) is 0 Å². The van der Waals surface area contributed by atoms with Crippen molar-refractivity contribution >= 4 is 22.7 Å². The molecule has 1 saturated carbocycles. The Hall–Kier alpha value is -3.15. The average Bonchev–Trinajstić information content (AvgIpc) is 3.32. The van der Waals surface area contributed by atoms with E-state index in [1.165, 1.54) is 0 Å². The van der Waals surface area contributed by atoms with E-state index >= 15 is 0 Å². The predicted octanol–water partition coefficient (Wildman–Crippen LogP) is 2.67. The summed E-state index contributed by atoms with van der Waals surface area (Å²) in [5.74, 6) is 0.0818. The van der Waals surface area contributed by atoms with Crippen molar-refractivity contribution in [3.8, 4) is 11.5 Å². The molecule has 2 aromatic heterocycles. The van der Waals surface area contributed by atoms with E-state index in [0.717, 1.165) is 12.8 Å². The number of nitrogens with one attached hydrogen (secondary N) is 2. The van der Waals surface area contributed by atoms with Gasteiger partial charge in [0.15, 0.2) is 5.76 Å². The van der Waals surface area contributed by atoms with E-state index in [9.17, 15) is 9.59 Å². The van der Waals surface area contributed by atoms with E-state index < -0.39 is 0 Å². The minimum absolute atomic E-state index is 0.0261. The number of hydrogen-bond donors (Lipinski definition) is 2. The fourth-order valence-corrected chi connectivity index (χ4v) is 2.55. The van der Waals surface area contributed by atoms with Gasteiger partial charge in [0.05, 0.1) is 17.3 Å². The third-order valence-corrected chi connectivity index (χ3v) is 3.98. The maximum absolute atomic E-state index is 12.5. The van der Waals surface area contributed by atoms with E-state index in [0.29, 0.717) is 27.9 Å². The highest BCUT2D eigenvalue weighted by molar-refractivity contribution is 6.07. The van der Waals surface area contributed by atoms with Crippen LogP contribution in [-0.2, 0) is 4.79 Å². The van der Waals surface area contributed by atoms with Crippen LogP contribution >= 0.6 is 0 Å². The first-order valence-corrected chi connectivity index (χ1v) is 7.76. The highest BCUT2D eigenvalue weighted by Gasteiger charge is 2.30. The summed E-state index contributed by atoms with van der Waals surface area (Å²) in [5, 5.41) is 0.714. The number of hydrazine groups is 1. The number of hydrogen-bond acceptors (Lipinski definition) is 4. The summed E-state index contributed by atoms with van der Waals surface area (Å²) in [6, 6.07) is 12.6. The van der Waals surface area contributed by atoms with Crippen molar-refractivity contribution in [3.05, 3.63) is 54.3 Å². The van der Waals surface area contributed by atoms with Gasteiger partial charge in [0.1, 0.15) is 5.69 Å². The number of fused-ring (bicyclic) bond motifs is 1. The number of aromatic nitrogens is 1. The Balaban J connectivity index is 1.69. The maximum Gasteiger partial charge on any atom is 0.270 e. The summed E-state index contributed by atoms with van der Waals surface area (Å²) in [6.07, 6.45) is 3.31. The number of carbonyl (C=O) groups is 2. The molecule has 0 radical (unpaired) electrons. The molecule has 120 valence electrons. The van der Waals surface area contributed by atoms with Crippen LogP contribution in [0.2, 0.25) is 0 Å². The van der Waals surface area contributed by atoms with Crippen LogP contribution in [0, 0.1) is 5.92 Å². The Morgan fingerprint density at radius 2 is 1.92 bits per heavy atom. The van der Waals surface area contributed by atoms with Gasteiger partial charge >= 0.3 is 0 Å². The number of pyridine rings is 1. The molecule has 1 aliphatic carbocycles. The van der Waals surface area contributed by atoms with E-state index in [4.69, 9.17) is 4.42 Å². The number of carbonyl (C=O) groups excluding carboxylic acids is 2. The number of furan rings is 1. The van der Waals surface area contributed by atoms with Crippen LogP contribution < -0.4 is 10.9 Å². The maximum atomic E-state index is 12.5. The Morgan fingerprint density at radius 3 is 2.67 bits per heavy atom. The predicted molar refractivity (Wildman–Crippen MR) is 87.8 cm³/mol. The lowest BCUT2D eigenvalue weighted by molar-refractivity contribution is -0.123. The summed E-state index contributed by atoms with van der Waals surface area (Å²) in [4.78, 5) is 28.8. The third-order valence-electron chi connectivity index (χ3n) is 3.98. The zero-order valence-corrected chi connectivity index (χ0v) is 12.8. The van der Waals surface area contributed by atoms with Crippen molar-refractivity contribution < 1.29 is 14.0 Å². The first-order valence-electron chi connectivity index (χ1n) is 7.76. The minimum atomic E-state index is -0.379. The summed E-state index contributed by atoms with van der Waals surface area (Å²) in [6.45, 7) is 0. The summed E-state index contributed by atoms with van der Waals surface area (Å²) in [5.41, 5.74) is 6.65. The summed E-state index contributed by atoms with van der Waals surface area (Å²) < 4.78 is 5.38. The second kappa shape index (κ2) is 5.81. The molecule has 0 saturated heterocycles. The van der Waals surface area contributed by atoms with Gasteiger partial charge in [0.25, 0.3) is 5.91 Å². The van der Waals surface area contributed by atoms with Gasteiger partial charge < -0.3 is 4.42 Å². The molecule has 1 aliphatic rings. The van der Waals surface area contributed by atoms with Crippen molar-refractivity contribution in [2.45, 2.75) is 12.8 Å². The normalized spacial score (nSPS) is 13.7. The van der Waals surface area contributed by atoms with Crippen LogP contribution in [0.15, 0.2) is 53.1 Å². The molecule has 6 nitrogen and oxygen atoms in total.